The normalized spacial score (nSPS) is 17.8. The van der Waals surface area contributed by atoms with Crippen LogP contribution in [-0.4, -0.2) is 51.1 Å². The van der Waals surface area contributed by atoms with Gasteiger partial charge in [0.2, 0.25) is 5.91 Å². The van der Waals surface area contributed by atoms with Crippen LogP contribution in [0.3, 0.4) is 0 Å². The van der Waals surface area contributed by atoms with Gasteiger partial charge in [-0.25, -0.2) is 0 Å². The highest BCUT2D eigenvalue weighted by atomic mass is 16.5. The Balaban J connectivity index is 2.05. The zero-order valence-electron chi connectivity index (χ0n) is 12.5. The summed E-state index contributed by atoms with van der Waals surface area (Å²) in [4.78, 5) is 25.5. The van der Waals surface area contributed by atoms with Gasteiger partial charge in [0, 0.05) is 32.5 Å². The Bertz CT molecular complexity index is 522. The predicted molar refractivity (Wildman–Crippen MR) is 77.6 cm³/mol. The Labute approximate surface area is 124 Å². The van der Waals surface area contributed by atoms with Crippen LogP contribution < -0.4 is 14.8 Å². The molecule has 0 spiro atoms. The fourth-order valence-corrected chi connectivity index (χ4v) is 2.49. The summed E-state index contributed by atoms with van der Waals surface area (Å²) in [6.07, 6.45) is 0.472. The van der Waals surface area contributed by atoms with Crippen LogP contribution in [0.4, 0.5) is 0 Å². The van der Waals surface area contributed by atoms with Crippen molar-refractivity contribution in [3.8, 4) is 11.5 Å². The van der Waals surface area contributed by atoms with Crippen molar-refractivity contribution in [2.75, 3.05) is 34.4 Å². The van der Waals surface area contributed by atoms with Crippen LogP contribution in [0.2, 0.25) is 0 Å². The van der Waals surface area contributed by atoms with E-state index in [1.54, 1.807) is 30.1 Å². The van der Waals surface area contributed by atoms with Crippen LogP contribution in [0.5, 0.6) is 11.5 Å². The molecule has 1 saturated heterocycles. The lowest BCUT2D eigenvalue weighted by Crippen LogP contribution is -2.31. The first-order valence-electron chi connectivity index (χ1n) is 6.80. The number of methoxy groups -OCH3 is 2. The molecule has 1 unspecified atom stereocenters. The first-order chi connectivity index (χ1) is 10.1. The van der Waals surface area contributed by atoms with Gasteiger partial charge in [0.1, 0.15) is 17.1 Å². The van der Waals surface area contributed by atoms with Crippen molar-refractivity contribution in [2.45, 2.75) is 6.42 Å². The molecule has 0 radical (unpaired) electrons. The minimum absolute atomic E-state index is 0.115. The monoisotopic (exact) mass is 292 g/mol. The number of carbonyl (C=O) groups is 2. The first kappa shape index (κ1) is 15.2. The summed E-state index contributed by atoms with van der Waals surface area (Å²) in [7, 11) is 4.79. The maximum atomic E-state index is 12.4. The van der Waals surface area contributed by atoms with E-state index in [9.17, 15) is 9.59 Å². The molecule has 1 aromatic rings. The Kier molecular flexibility index (Phi) is 4.67. The van der Waals surface area contributed by atoms with Crippen LogP contribution in [-0.2, 0) is 4.79 Å². The average Bonchev–Trinajstić information content (AvgIpc) is 2.82. The lowest BCUT2D eigenvalue weighted by Gasteiger charge is -2.15. The standard InChI is InChI=1S/C15H20N2O4/c1-17-9-10(7-13(17)18)8-16-15(19)14-11(20-2)5-4-6-12(14)21-3/h4-6,10H,7-9H2,1-3H3,(H,16,19). The lowest BCUT2D eigenvalue weighted by molar-refractivity contribution is -0.126. The maximum absolute atomic E-state index is 12.4. The fourth-order valence-electron chi connectivity index (χ4n) is 2.49. The van der Waals surface area contributed by atoms with Crippen molar-refractivity contribution in [1.29, 1.82) is 0 Å². The molecule has 1 aliphatic heterocycles. The largest absolute Gasteiger partial charge is 0.496 e. The lowest BCUT2D eigenvalue weighted by atomic mass is 10.1. The zero-order chi connectivity index (χ0) is 15.4. The quantitative estimate of drug-likeness (QED) is 0.876. The van der Waals surface area contributed by atoms with Crippen LogP contribution >= 0.6 is 0 Å². The number of benzene rings is 1. The van der Waals surface area contributed by atoms with E-state index < -0.39 is 0 Å². The summed E-state index contributed by atoms with van der Waals surface area (Å²) < 4.78 is 10.4. The van der Waals surface area contributed by atoms with Crippen molar-refractivity contribution in [2.24, 2.45) is 5.92 Å². The molecule has 1 heterocycles. The Morgan fingerprint density at radius 3 is 2.43 bits per heavy atom. The number of nitrogens with one attached hydrogen (secondary N) is 1. The van der Waals surface area contributed by atoms with Gasteiger partial charge in [-0.15, -0.1) is 0 Å². The Morgan fingerprint density at radius 1 is 1.33 bits per heavy atom. The van der Waals surface area contributed by atoms with Gasteiger partial charge >= 0.3 is 0 Å². The summed E-state index contributed by atoms with van der Waals surface area (Å²) in [6, 6.07) is 5.19. The van der Waals surface area contributed by atoms with Crippen molar-refractivity contribution in [1.82, 2.24) is 10.2 Å². The van der Waals surface area contributed by atoms with E-state index in [1.807, 2.05) is 0 Å². The van der Waals surface area contributed by atoms with Crippen molar-refractivity contribution in [3.63, 3.8) is 0 Å². The number of ether oxygens (including phenoxy) is 2. The molecule has 6 nitrogen and oxygen atoms in total. The van der Waals surface area contributed by atoms with E-state index in [0.717, 1.165) is 0 Å². The fraction of sp³-hybridized carbons (Fsp3) is 0.467. The molecule has 1 fully saturated rings. The number of likely N-dealkylation sites (tertiary alicyclic amines) is 1. The van der Waals surface area contributed by atoms with Gasteiger partial charge < -0.3 is 19.7 Å². The van der Waals surface area contributed by atoms with Crippen LogP contribution in [0.1, 0.15) is 16.8 Å². The van der Waals surface area contributed by atoms with Gasteiger partial charge in [0.05, 0.1) is 14.2 Å². The number of hydrogen-bond donors (Lipinski definition) is 1. The van der Waals surface area contributed by atoms with Gasteiger partial charge in [-0.3, -0.25) is 9.59 Å². The summed E-state index contributed by atoms with van der Waals surface area (Å²) in [5, 5.41) is 2.85. The van der Waals surface area contributed by atoms with Crippen LogP contribution in [0.25, 0.3) is 0 Å². The molecule has 1 aromatic carbocycles. The molecule has 2 amide bonds. The van der Waals surface area contributed by atoms with Crippen LogP contribution in [0, 0.1) is 5.92 Å². The van der Waals surface area contributed by atoms with Crippen molar-refractivity contribution >= 4 is 11.8 Å². The summed E-state index contributed by atoms with van der Waals surface area (Å²) >= 11 is 0. The van der Waals surface area contributed by atoms with E-state index in [1.165, 1.54) is 14.2 Å². The minimum atomic E-state index is -0.258. The number of amides is 2. The van der Waals surface area contributed by atoms with Gasteiger partial charge in [0.15, 0.2) is 0 Å². The molecule has 2 rings (SSSR count). The van der Waals surface area contributed by atoms with Crippen molar-refractivity contribution in [3.05, 3.63) is 23.8 Å². The third-order valence-corrected chi connectivity index (χ3v) is 3.63. The van der Waals surface area contributed by atoms with Gasteiger partial charge in [-0.05, 0) is 12.1 Å². The molecule has 0 aliphatic carbocycles. The summed E-state index contributed by atoms with van der Waals surface area (Å²) in [5.41, 5.74) is 0.375. The zero-order valence-corrected chi connectivity index (χ0v) is 12.5. The number of carbonyl (C=O) groups excluding carboxylic acids is 2. The molecule has 0 bridgehead atoms. The number of hydrogen-bond acceptors (Lipinski definition) is 4. The van der Waals surface area contributed by atoms with E-state index in [0.29, 0.717) is 36.6 Å². The third kappa shape index (κ3) is 3.26. The number of rotatable bonds is 5. The average molecular weight is 292 g/mol. The molecule has 1 aliphatic rings. The van der Waals surface area contributed by atoms with E-state index in [2.05, 4.69) is 5.32 Å². The molecule has 1 N–H and O–H groups in total. The Hall–Kier alpha value is -2.24. The Morgan fingerprint density at radius 2 is 1.95 bits per heavy atom. The van der Waals surface area contributed by atoms with E-state index >= 15 is 0 Å². The van der Waals surface area contributed by atoms with Crippen LogP contribution in [0.15, 0.2) is 18.2 Å². The molecule has 21 heavy (non-hydrogen) atoms. The predicted octanol–water partition coefficient (Wildman–Crippen LogP) is 0.912. The second kappa shape index (κ2) is 6.47. The third-order valence-electron chi connectivity index (χ3n) is 3.63. The maximum Gasteiger partial charge on any atom is 0.258 e. The smallest absolute Gasteiger partial charge is 0.258 e. The second-order valence-corrected chi connectivity index (χ2v) is 5.09. The molecular weight excluding hydrogens is 272 g/mol. The second-order valence-electron chi connectivity index (χ2n) is 5.09. The molecular formula is C15H20N2O4. The molecule has 1 atom stereocenters. The highest BCUT2D eigenvalue weighted by molar-refractivity contribution is 5.99. The molecule has 0 aromatic heterocycles. The minimum Gasteiger partial charge on any atom is -0.496 e. The van der Waals surface area contributed by atoms with Gasteiger partial charge in [-0.1, -0.05) is 6.07 Å². The molecule has 0 saturated carbocycles. The molecule has 114 valence electrons. The topological polar surface area (TPSA) is 67.9 Å². The van der Waals surface area contributed by atoms with E-state index in [4.69, 9.17) is 9.47 Å². The summed E-state index contributed by atoms with van der Waals surface area (Å²) in [6.45, 7) is 1.12. The van der Waals surface area contributed by atoms with Gasteiger partial charge in [0.25, 0.3) is 5.91 Å². The molecule has 6 heteroatoms. The highest BCUT2D eigenvalue weighted by Gasteiger charge is 2.27. The van der Waals surface area contributed by atoms with Gasteiger partial charge in [-0.2, -0.15) is 0 Å². The SMILES string of the molecule is COc1cccc(OC)c1C(=O)NCC1CC(=O)N(C)C1. The highest BCUT2D eigenvalue weighted by Crippen LogP contribution is 2.28. The summed E-state index contributed by atoms with van der Waals surface area (Å²) in [5.74, 6) is 0.931. The van der Waals surface area contributed by atoms with Crippen molar-refractivity contribution < 1.29 is 19.1 Å². The first-order valence-corrected chi connectivity index (χ1v) is 6.80. The number of nitrogens with zero attached hydrogens (tertiary/aromatic N) is 1. The van der Waals surface area contributed by atoms with E-state index in [-0.39, 0.29) is 17.7 Å².